The summed E-state index contributed by atoms with van der Waals surface area (Å²) in [7, 11) is 0. The first-order valence-corrected chi connectivity index (χ1v) is 19.6. The maximum atomic E-state index is 5.15. The van der Waals surface area contributed by atoms with E-state index in [1.54, 1.807) is 0 Å². The average molecular weight is 733 g/mol. The second kappa shape index (κ2) is 13.3. The van der Waals surface area contributed by atoms with Gasteiger partial charge in [-0.15, -0.1) is 11.3 Å². The Morgan fingerprint density at radius 2 is 0.839 bits per heavy atom. The highest BCUT2D eigenvalue weighted by atomic mass is 32.1. The van der Waals surface area contributed by atoms with Crippen LogP contribution in [0, 0.1) is 0 Å². The van der Waals surface area contributed by atoms with Crippen molar-refractivity contribution >= 4 is 53.3 Å². The third-order valence-corrected chi connectivity index (χ3v) is 11.9. The molecule has 8 aromatic carbocycles. The molecular weight excluding hydrogens is 701 g/mol. The Kier molecular flexibility index (Phi) is 7.64. The molecule has 3 aromatic heterocycles. The van der Waals surface area contributed by atoms with Crippen molar-refractivity contribution in [1.29, 1.82) is 0 Å². The lowest BCUT2D eigenvalue weighted by Gasteiger charge is -2.11. The van der Waals surface area contributed by atoms with Crippen molar-refractivity contribution in [3.63, 3.8) is 0 Å². The number of benzene rings is 8. The fourth-order valence-corrected chi connectivity index (χ4v) is 9.22. The molecule has 0 aliphatic heterocycles. The maximum Gasteiger partial charge on any atom is 0.164 e. The highest BCUT2D eigenvalue weighted by molar-refractivity contribution is 7.26. The third kappa shape index (κ3) is 5.48. The molecule has 3 heterocycles. The predicted molar refractivity (Wildman–Crippen MR) is 234 cm³/mol. The molecular formula is C51H32N4S. The lowest BCUT2D eigenvalue weighted by atomic mass is 9.96. The van der Waals surface area contributed by atoms with Crippen molar-refractivity contribution < 1.29 is 0 Å². The van der Waals surface area contributed by atoms with Crippen LogP contribution >= 0.6 is 11.3 Å². The van der Waals surface area contributed by atoms with Crippen molar-refractivity contribution in [2.45, 2.75) is 0 Å². The fourth-order valence-electron chi connectivity index (χ4n) is 7.96. The van der Waals surface area contributed by atoms with E-state index in [1.165, 1.54) is 64.2 Å². The van der Waals surface area contributed by atoms with Gasteiger partial charge >= 0.3 is 0 Å². The summed E-state index contributed by atoms with van der Waals surface area (Å²) >= 11 is 1.83. The molecule has 0 atom stereocenters. The van der Waals surface area contributed by atoms with Crippen LogP contribution in [0.15, 0.2) is 194 Å². The van der Waals surface area contributed by atoms with Crippen LogP contribution < -0.4 is 0 Å². The lowest BCUT2D eigenvalue weighted by molar-refractivity contribution is 1.07. The average Bonchev–Trinajstić information content (AvgIpc) is 3.82. The van der Waals surface area contributed by atoms with E-state index in [0.717, 1.165) is 22.4 Å². The third-order valence-electron chi connectivity index (χ3n) is 10.7. The van der Waals surface area contributed by atoms with Crippen molar-refractivity contribution in [1.82, 2.24) is 19.5 Å². The highest BCUT2D eigenvalue weighted by Crippen LogP contribution is 2.44. The SMILES string of the molecule is c1ccc(-c2cc(-c3ccccc3)c3sc4cc(-c5nc(-c6ccccc6)nc(-c6ccc(-n7c8ccccc8c8ccccc87)cc6)n5)ccc4c3c2)cc1. The first-order valence-electron chi connectivity index (χ1n) is 18.8. The molecule has 0 bridgehead atoms. The van der Waals surface area contributed by atoms with Crippen LogP contribution in [0.25, 0.3) is 104 Å². The summed E-state index contributed by atoms with van der Waals surface area (Å²) in [5, 5.41) is 4.96. The van der Waals surface area contributed by atoms with Gasteiger partial charge in [0.25, 0.3) is 0 Å². The quantitative estimate of drug-likeness (QED) is 0.171. The van der Waals surface area contributed by atoms with Gasteiger partial charge in [0.2, 0.25) is 0 Å². The van der Waals surface area contributed by atoms with Crippen molar-refractivity contribution in [2.24, 2.45) is 0 Å². The zero-order valence-corrected chi connectivity index (χ0v) is 31.0. The Balaban J connectivity index is 1.05. The molecule has 0 fully saturated rings. The minimum atomic E-state index is 0.637. The Labute approximate surface area is 327 Å². The number of hydrogen-bond acceptors (Lipinski definition) is 4. The molecule has 0 N–H and O–H groups in total. The molecule has 0 aliphatic carbocycles. The molecule has 0 saturated carbocycles. The summed E-state index contributed by atoms with van der Waals surface area (Å²) in [5.41, 5.74) is 11.1. The van der Waals surface area contributed by atoms with Gasteiger partial charge in [-0.2, -0.15) is 0 Å². The molecule has 0 radical (unpaired) electrons. The number of nitrogens with zero attached hydrogens (tertiary/aromatic N) is 4. The van der Waals surface area contributed by atoms with Crippen LogP contribution in [-0.2, 0) is 0 Å². The van der Waals surface area contributed by atoms with Crippen molar-refractivity contribution in [3.05, 3.63) is 194 Å². The number of para-hydroxylation sites is 2. The Hall–Kier alpha value is -7.21. The van der Waals surface area contributed by atoms with E-state index < -0.39 is 0 Å². The monoisotopic (exact) mass is 732 g/mol. The molecule has 0 saturated heterocycles. The van der Waals surface area contributed by atoms with Gasteiger partial charge in [0.15, 0.2) is 17.5 Å². The molecule has 0 amide bonds. The van der Waals surface area contributed by atoms with Gasteiger partial charge in [-0.1, -0.05) is 140 Å². The molecule has 0 aliphatic rings. The van der Waals surface area contributed by atoms with Crippen LogP contribution in [0.2, 0.25) is 0 Å². The molecule has 56 heavy (non-hydrogen) atoms. The topological polar surface area (TPSA) is 43.6 Å². The number of aromatic nitrogens is 4. The zero-order chi connectivity index (χ0) is 37.0. The first-order chi connectivity index (χ1) is 27.7. The number of fused-ring (bicyclic) bond motifs is 6. The molecule has 11 aromatic rings. The number of hydrogen-bond donors (Lipinski definition) is 0. The predicted octanol–water partition coefficient (Wildman–Crippen LogP) is 13.7. The Bertz CT molecular complexity index is 3170. The van der Waals surface area contributed by atoms with Crippen LogP contribution in [0.3, 0.4) is 0 Å². The van der Waals surface area contributed by atoms with Crippen LogP contribution in [0.4, 0.5) is 0 Å². The minimum Gasteiger partial charge on any atom is -0.309 e. The summed E-state index contributed by atoms with van der Waals surface area (Å²) in [4.78, 5) is 15.3. The summed E-state index contributed by atoms with van der Waals surface area (Å²) in [6.45, 7) is 0. The van der Waals surface area contributed by atoms with Gasteiger partial charge < -0.3 is 4.57 Å². The standard InChI is InChI=1S/C51H32N4S/c1-4-14-33(15-5-1)38-30-43(34-16-6-2-7-17-34)48-44(31-38)42-29-26-37(32-47(42)56-48)51-53-49(35-18-8-3-9-19-35)52-50(54-51)36-24-27-39(28-25-36)55-45-22-12-10-20-40(45)41-21-11-13-23-46(41)55/h1-32H. The summed E-state index contributed by atoms with van der Waals surface area (Å²) < 4.78 is 4.79. The van der Waals surface area contributed by atoms with Gasteiger partial charge in [0, 0.05) is 58.9 Å². The molecule has 11 rings (SSSR count). The van der Waals surface area contributed by atoms with E-state index in [1.807, 2.05) is 29.5 Å². The maximum absolute atomic E-state index is 5.15. The fraction of sp³-hybridized carbons (Fsp3) is 0. The number of thiophene rings is 1. The van der Waals surface area contributed by atoms with Crippen LogP contribution in [-0.4, -0.2) is 19.5 Å². The van der Waals surface area contributed by atoms with E-state index in [2.05, 4.69) is 180 Å². The van der Waals surface area contributed by atoms with Gasteiger partial charge in [-0.05, 0) is 71.3 Å². The normalized spacial score (nSPS) is 11.6. The number of rotatable bonds is 6. The summed E-state index contributed by atoms with van der Waals surface area (Å²) in [6, 6.07) is 68.6. The molecule has 4 nitrogen and oxygen atoms in total. The summed E-state index contributed by atoms with van der Waals surface area (Å²) in [6.07, 6.45) is 0. The van der Waals surface area contributed by atoms with Gasteiger partial charge in [-0.25, -0.2) is 15.0 Å². The van der Waals surface area contributed by atoms with E-state index in [4.69, 9.17) is 15.0 Å². The van der Waals surface area contributed by atoms with Gasteiger partial charge in [-0.3, -0.25) is 0 Å². The molecule has 5 heteroatoms. The second-order valence-electron chi connectivity index (χ2n) is 14.0. The Morgan fingerprint density at radius 3 is 1.46 bits per heavy atom. The van der Waals surface area contributed by atoms with Crippen LogP contribution in [0.5, 0.6) is 0 Å². The first kappa shape index (κ1) is 32.2. The molecule has 0 unspecified atom stereocenters. The van der Waals surface area contributed by atoms with E-state index in [-0.39, 0.29) is 0 Å². The summed E-state index contributed by atoms with van der Waals surface area (Å²) in [5.74, 6) is 1.93. The molecule has 262 valence electrons. The van der Waals surface area contributed by atoms with E-state index in [9.17, 15) is 0 Å². The van der Waals surface area contributed by atoms with E-state index >= 15 is 0 Å². The molecule has 0 spiro atoms. The van der Waals surface area contributed by atoms with Crippen LogP contribution in [0.1, 0.15) is 0 Å². The van der Waals surface area contributed by atoms with E-state index in [0.29, 0.717) is 17.5 Å². The van der Waals surface area contributed by atoms with Gasteiger partial charge in [0.05, 0.1) is 11.0 Å². The smallest absolute Gasteiger partial charge is 0.164 e. The minimum absolute atomic E-state index is 0.637. The van der Waals surface area contributed by atoms with Crippen molar-refractivity contribution in [2.75, 3.05) is 0 Å². The lowest BCUT2D eigenvalue weighted by Crippen LogP contribution is -2.00. The van der Waals surface area contributed by atoms with Crippen molar-refractivity contribution in [3.8, 4) is 62.1 Å². The Morgan fingerprint density at radius 1 is 0.339 bits per heavy atom. The highest BCUT2D eigenvalue weighted by Gasteiger charge is 2.18. The second-order valence-corrected chi connectivity index (χ2v) is 15.1. The van der Waals surface area contributed by atoms with Gasteiger partial charge in [0.1, 0.15) is 0 Å². The largest absolute Gasteiger partial charge is 0.309 e. The zero-order valence-electron chi connectivity index (χ0n) is 30.2.